The Morgan fingerprint density at radius 3 is 1.78 bits per heavy atom. The van der Waals surface area contributed by atoms with E-state index >= 15 is 0 Å². The molecule has 0 atom stereocenters. The van der Waals surface area contributed by atoms with Crippen LogP contribution < -0.4 is 0 Å². The first-order valence-corrected chi connectivity index (χ1v) is 7.60. The third kappa shape index (κ3) is 5.96. The molecule has 8 heteroatoms. The summed E-state index contributed by atoms with van der Waals surface area (Å²) in [5.41, 5.74) is 0. The molecular weight excluding hydrogens is 274 g/mol. The van der Waals surface area contributed by atoms with Crippen LogP contribution in [-0.4, -0.2) is 61.6 Å². The third-order valence-corrected chi connectivity index (χ3v) is 3.50. The quantitative estimate of drug-likeness (QED) is 0.545. The van der Waals surface area contributed by atoms with Gasteiger partial charge in [0.05, 0.1) is 13.2 Å². The predicted octanol–water partition coefficient (Wildman–Crippen LogP) is -0.0347. The summed E-state index contributed by atoms with van der Waals surface area (Å²) in [6.45, 7) is 0.243. The molecule has 0 aliphatic carbocycles. The number of nitrogens with zero attached hydrogens (tertiary/aromatic N) is 3. The van der Waals surface area contributed by atoms with E-state index in [0.717, 1.165) is 0 Å². The highest BCUT2D eigenvalue weighted by Crippen LogP contribution is 2.18. The molecule has 1 heterocycles. The minimum absolute atomic E-state index is 0.0709. The Labute approximate surface area is 114 Å². The Bertz CT molecular complexity index is 290. The van der Waals surface area contributed by atoms with Gasteiger partial charge in [-0.1, -0.05) is 23.5 Å². The summed E-state index contributed by atoms with van der Waals surface area (Å²) in [7, 11) is 0. The first-order chi connectivity index (χ1) is 8.80. The molecule has 0 fully saturated rings. The molecule has 1 rings (SSSR count). The van der Waals surface area contributed by atoms with Crippen molar-refractivity contribution in [1.82, 2.24) is 15.0 Å². The van der Waals surface area contributed by atoms with Crippen LogP contribution in [0.1, 0.15) is 12.2 Å². The molecule has 18 heavy (non-hydrogen) atoms. The molecule has 102 valence electrons. The van der Waals surface area contributed by atoms with E-state index in [-0.39, 0.29) is 19.8 Å². The normalized spacial score (nSPS) is 10.8. The van der Waals surface area contributed by atoms with Crippen molar-refractivity contribution < 1.29 is 15.3 Å². The zero-order valence-corrected chi connectivity index (χ0v) is 11.6. The van der Waals surface area contributed by atoms with Crippen molar-refractivity contribution in [2.24, 2.45) is 0 Å². The summed E-state index contributed by atoms with van der Waals surface area (Å²) >= 11 is 2.73. The highest BCUT2D eigenvalue weighted by atomic mass is 32.2. The fourth-order valence-corrected chi connectivity index (χ4v) is 2.38. The summed E-state index contributed by atoms with van der Waals surface area (Å²) < 4.78 is 0. The maximum atomic E-state index is 8.80. The fraction of sp³-hybridized carbons (Fsp3) is 0.700. The highest BCUT2D eigenvalue weighted by Gasteiger charge is 2.07. The Balaban J connectivity index is 2.74. The summed E-state index contributed by atoms with van der Waals surface area (Å²) in [5, 5.41) is 27.5. The Hall–Kier alpha value is -0.410. The lowest BCUT2D eigenvalue weighted by molar-refractivity contribution is 0.287. The summed E-state index contributed by atoms with van der Waals surface area (Å²) in [4.78, 5) is 12.8. The van der Waals surface area contributed by atoms with Gasteiger partial charge in [-0.25, -0.2) is 9.97 Å². The van der Waals surface area contributed by atoms with Crippen molar-refractivity contribution in [2.75, 3.05) is 31.3 Å². The van der Waals surface area contributed by atoms with Crippen molar-refractivity contribution in [3.63, 3.8) is 0 Å². The number of thioether (sulfide) groups is 2. The lowest BCUT2D eigenvalue weighted by Crippen LogP contribution is -2.04. The van der Waals surface area contributed by atoms with E-state index in [2.05, 4.69) is 15.0 Å². The second kappa shape index (κ2) is 9.51. The maximum absolute atomic E-state index is 8.80. The maximum Gasteiger partial charge on any atom is 0.191 e. The average Bonchev–Trinajstić information content (AvgIpc) is 2.40. The molecule has 0 saturated heterocycles. The number of aromatic nitrogens is 3. The van der Waals surface area contributed by atoms with Crippen LogP contribution in [-0.2, 0) is 6.42 Å². The SMILES string of the molecule is OCCCc1nc(SCCO)nc(SCCO)n1. The van der Waals surface area contributed by atoms with Gasteiger partial charge in [-0.05, 0) is 6.42 Å². The van der Waals surface area contributed by atoms with Gasteiger partial charge in [-0.2, -0.15) is 4.98 Å². The van der Waals surface area contributed by atoms with Crippen LogP contribution in [0.2, 0.25) is 0 Å². The zero-order valence-electron chi connectivity index (χ0n) is 9.95. The molecule has 3 N–H and O–H groups in total. The van der Waals surface area contributed by atoms with Crippen molar-refractivity contribution in [3.05, 3.63) is 5.82 Å². The van der Waals surface area contributed by atoms with Gasteiger partial charge in [0.1, 0.15) is 5.82 Å². The number of aryl methyl sites for hydroxylation is 1. The first kappa shape index (κ1) is 15.6. The number of aliphatic hydroxyl groups is 3. The lowest BCUT2D eigenvalue weighted by atomic mass is 10.3. The van der Waals surface area contributed by atoms with Crippen LogP contribution in [0.4, 0.5) is 0 Å². The number of rotatable bonds is 9. The number of hydrogen-bond acceptors (Lipinski definition) is 8. The largest absolute Gasteiger partial charge is 0.396 e. The molecule has 0 aliphatic rings. The molecule has 0 amide bonds. The molecule has 0 unspecified atom stereocenters. The molecule has 0 aliphatic heterocycles. The fourth-order valence-electron chi connectivity index (χ4n) is 1.13. The highest BCUT2D eigenvalue weighted by molar-refractivity contribution is 7.99. The summed E-state index contributed by atoms with van der Waals surface area (Å²) in [5.74, 6) is 1.71. The first-order valence-electron chi connectivity index (χ1n) is 5.63. The molecule has 0 spiro atoms. The molecule has 0 radical (unpaired) electrons. The van der Waals surface area contributed by atoms with Gasteiger partial charge in [-0.3, -0.25) is 0 Å². The van der Waals surface area contributed by atoms with Gasteiger partial charge in [0.25, 0.3) is 0 Å². The summed E-state index contributed by atoms with van der Waals surface area (Å²) in [6.07, 6.45) is 1.20. The van der Waals surface area contributed by atoms with Gasteiger partial charge >= 0.3 is 0 Å². The molecule has 0 bridgehead atoms. The molecular formula is C10H17N3O3S2. The Morgan fingerprint density at radius 1 is 0.778 bits per heavy atom. The Morgan fingerprint density at radius 2 is 1.33 bits per heavy atom. The molecule has 0 saturated carbocycles. The van der Waals surface area contributed by atoms with E-state index in [4.69, 9.17) is 15.3 Å². The van der Waals surface area contributed by atoms with Crippen molar-refractivity contribution in [1.29, 1.82) is 0 Å². The minimum atomic E-state index is 0.0709. The van der Waals surface area contributed by atoms with E-state index in [0.29, 0.717) is 40.5 Å². The van der Waals surface area contributed by atoms with Gasteiger partial charge < -0.3 is 15.3 Å². The van der Waals surface area contributed by atoms with E-state index in [1.807, 2.05) is 0 Å². The van der Waals surface area contributed by atoms with Crippen molar-refractivity contribution in [3.8, 4) is 0 Å². The molecule has 6 nitrogen and oxygen atoms in total. The van der Waals surface area contributed by atoms with Crippen LogP contribution in [0.25, 0.3) is 0 Å². The van der Waals surface area contributed by atoms with Crippen LogP contribution in [0, 0.1) is 0 Å². The van der Waals surface area contributed by atoms with Crippen LogP contribution in [0.5, 0.6) is 0 Å². The van der Waals surface area contributed by atoms with Gasteiger partial charge in [0.2, 0.25) is 0 Å². The van der Waals surface area contributed by atoms with E-state index in [1.54, 1.807) is 0 Å². The van der Waals surface area contributed by atoms with E-state index in [9.17, 15) is 0 Å². The van der Waals surface area contributed by atoms with E-state index in [1.165, 1.54) is 23.5 Å². The minimum Gasteiger partial charge on any atom is -0.396 e. The second-order valence-electron chi connectivity index (χ2n) is 3.29. The third-order valence-electron chi connectivity index (χ3n) is 1.84. The second-order valence-corrected chi connectivity index (χ2v) is 5.41. The smallest absolute Gasteiger partial charge is 0.191 e. The van der Waals surface area contributed by atoms with Gasteiger partial charge in [-0.15, -0.1) is 0 Å². The van der Waals surface area contributed by atoms with E-state index < -0.39 is 0 Å². The standard InChI is InChI=1S/C10H17N3O3S2/c14-3-1-2-8-11-9(17-6-4-15)13-10(12-8)18-7-5-16/h14-16H,1-7H2. The number of hydrogen-bond donors (Lipinski definition) is 3. The molecule has 0 aromatic carbocycles. The van der Waals surface area contributed by atoms with Crippen molar-refractivity contribution in [2.45, 2.75) is 23.2 Å². The predicted molar refractivity (Wildman–Crippen MR) is 70.9 cm³/mol. The summed E-state index contributed by atoms with van der Waals surface area (Å²) in [6, 6.07) is 0. The van der Waals surface area contributed by atoms with Crippen LogP contribution in [0.15, 0.2) is 10.3 Å². The topological polar surface area (TPSA) is 99.4 Å². The van der Waals surface area contributed by atoms with Gasteiger partial charge in [0, 0.05) is 24.5 Å². The van der Waals surface area contributed by atoms with Gasteiger partial charge in [0.15, 0.2) is 10.3 Å². The molecule has 1 aromatic heterocycles. The zero-order chi connectivity index (χ0) is 13.2. The molecule has 1 aromatic rings. The average molecular weight is 291 g/mol. The Kier molecular flexibility index (Phi) is 8.27. The van der Waals surface area contributed by atoms with Crippen LogP contribution in [0.3, 0.4) is 0 Å². The number of aliphatic hydroxyl groups excluding tert-OH is 3. The monoisotopic (exact) mass is 291 g/mol. The lowest BCUT2D eigenvalue weighted by Gasteiger charge is -2.05. The van der Waals surface area contributed by atoms with Crippen LogP contribution >= 0.6 is 23.5 Å². The van der Waals surface area contributed by atoms with Crippen molar-refractivity contribution >= 4 is 23.5 Å².